The highest BCUT2D eigenvalue weighted by atomic mass is 16.7. The summed E-state index contributed by atoms with van der Waals surface area (Å²) in [4.78, 5) is 24.0. The number of rotatable bonds is 5. The molecule has 0 amide bonds. The van der Waals surface area contributed by atoms with E-state index in [0.717, 1.165) is 0 Å². The monoisotopic (exact) mass is 296 g/mol. The molecule has 0 aromatic carbocycles. The molecule has 2 fully saturated rings. The third kappa shape index (κ3) is 2.53. The number of Topliss-reactive ketones (excluding diaryl/α,β-unsaturated/α-hetero) is 1. The summed E-state index contributed by atoms with van der Waals surface area (Å²) in [6.45, 7) is 8.35. The average molecular weight is 296 g/mol. The first-order valence-corrected chi connectivity index (χ1v) is 7.18. The standard InChI is InChI=1S/C16H24O5/c1-10-12(17)6-11-14(21-9-19-4)15(2,3)8-16(10,11)7-13(18)20-5/h11,14H,1,6-9H2,2-5H3/t11-,14-,16-/m1/s1. The van der Waals surface area contributed by atoms with Crippen molar-refractivity contribution in [1.29, 1.82) is 0 Å². The Morgan fingerprint density at radius 3 is 2.62 bits per heavy atom. The third-order valence-corrected chi connectivity index (χ3v) is 5.01. The second-order valence-electron chi connectivity index (χ2n) is 6.78. The van der Waals surface area contributed by atoms with Crippen molar-refractivity contribution in [3.63, 3.8) is 0 Å². The smallest absolute Gasteiger partial charge is 0.306 e. The first kappa shape index (κ1) is 16.2. The summed E-state index contributed by atoms with van der Waals surface area (Å²) in [6.07, 6.45) is 1.13. The van der Waals surface area contributed by atoms with Gasteiger partial charge in [0, 0.05) is 24.9 Å². The van der Waals surface area contributed by atoms with Gasteiger partial charge in [-0.15, -0.1) is 0 Å². The molecular weight excluding hydrogens is 272 g/mol. The second-order valence-corrected chi connectivity index (χ2v) is 6.78. The highest BCUT2D eigenvalue weighted by molar-refractivity contribution is 6.00. The fourth-order valence-corrected chi connectivity index (χ4v) is 4.23. The summed E-state index contributed by atoms with van der Waals surface area (Å²) in [7, 11) is 2.94. The van der Waals surface area contributed by atoms with E-state index in [-0.39, 0.29) is 42.4 Å². The number of esters is 1. The molecule has 2 aliphatic rings. The number of carbonyl (C=O) groups excluding carboxylic acids is 2. The summed E-state index contributed by atoms with van der Waals surface area (Å²) in [6, 6.07) is 0. The normalized spacial score (nSPS) is 34.1. The molecule has 2 aliphatic carbocycles. The molecule has 0 bridgehead atoms. The lowest BCUT2D eigenvalue weighted by atomic mass is 9.73. The lowest BCUT2D eigenvalue weighted by Crippen LogP contribution is -2.33. The minimum absolute atomic E-state index is 0.0328. The first-order valence-electron chi connectivity index (χ1n) is 7.18. The maximum Gasteiger partial charge on any atom is 0.306 e. The Kier molecular flexibility index (Phi) is 4.26. The molecule has 0 N–H and O–H groups in total. The summed E-state index contributed by atoms with van der Waals surface area (Å²) >= 11 is 0. The number of fused-ring (bicyclic) bond motifs is 1. The van der Waals surface area contributed by atoms with Gasteiger partial charge in [-0.3, -0.25) is 9.59 Å². The van der Waals surface area contributed by atoms with Crippen LogP contribution in [0.1, 0.15) is 33.1 Å². The quantitative estimate of drug-likeness (QED) is 0.442. The molecule has 118 valence electrons. The minimum Gasteiger partial charge on any atom is -0.469 e. The molecule has 5 nitrogen and oxygen atoms in total. The molecule has 2 rings (SSSR count). The molecule has 2 saturated carbocycles. The van der Waals surface area contributed by atoms with Gasteiger partial charge in [0.05, 0.1) is 19.6 Å². The van der Waals surface area contributed by atoms with Crippen LogP contribution in [-0.2, 0) is 23.8 Å². The van der Waals surface area contributed by atoms with Gasteiger partial charge in [-0.1, -0.05) is 20.4 Å². The molecule has 3 atom stereocenters. The Balaban J connectivity index is 2.36. The predicted molar refractivity (Wildman–Crippen MR) is 76.5 cm³/mol. The SMILES string of the molecule is C=C1C(=O)C[C@@H]2[C@@H](OCOC)C(C)(C)C[C@]12CC(=O)OC. The Hall–Kier alpha value is -1.20. The lowest BCUT2D eigenvalue weighted by molar-refractivity contribution is -0.144. The number of ether oxygens (including phenoxy) is 3. The molecule has 0 aliphatic heterocycles. The maximum absolute atomic E-state index is 12.2. The van der Waals surface area contributed by atoms with Gasteiger partial charge >= 0.3 is 5.97 Å². The van der Waals surface area contributed by atoms with Gasteiger partial charge in [-0.2, -0.15) is 0 Å². The molecule has 0 radical (unpaired) electrons. The van der Waals surface area contributed by atoms with Crippen LogP contribution >= 0.6 is 0 Å². The van der Waals surface area contributed by atoms with Crippen molar-refractivity contribution in [2.75, 3.05) is 21.0 Å². The van der Waals surface area contributed by atoms with Crippen LogP contribution in [-0.4, -0.2) is 38.9 Å². The average Bonchev–Trinajstić information content (AvgIpc) is 2.76. The van der Waals surface area contributed by atoms with Crippen LogP contribution in [0.4, 0.5) is 0 Å². The van der Waals surface area contributed by atoms with Crippen molar-refractivity contribution >= 4 is 11.8 Å². The van der Waals surface area contributed by atoms with Gasteiger partial charge < -0.3 is 14.2 Å². The fraction of sp³-hybridized carbons (Fsp3) is 0.750. The van der Waals surface area contributed by atoms with E-state index in [1.807, 2.05) is 0 Å². The lowest BCUT2D eigenvalue weighted by Gasteiger charge is -2.30. The Labute approximate surface area is 125 Å². The van der Waals surface area contributed by atoms with Crippen LogP contribution in [0.5, 0.6) is 0 Å². The minimum atomic E-state index is -0.536. The Morgan fingerprint density at radius 2 is 2.05 bits per heavy atom. The van der Waals surface area contributed by atoms with E-state index in [2.05, 4.69) is 20.4 Å². The first-order chi connectivity index (χ1) is 9.78. The zero-order chi connectivity index (χ0) is 15.8. The van der Waals surface area contributed by atoms with Crippen LogP contribution < -0.4 is 0 Å². The number of hydrogen-bond acceptors (Lipinski definition) is 5. The molecule has 5 heteroatoms. The summed E-state index contributed by atoms with van der Waals surface area (Å²) in [5.41, 5.74) is -0.137. The highest BCUT2D eigenvalue weighted by Gasteiger charge is 2.64. The molecule has 0 saturated heterocycles. The van der Waals surface area contributed by atoms with Crippen LogP contribution in [0.3, 0.4) is 0 Å². The molecule has 0 spiro atoms. The van der Waals surface area contributed by atoms with Gasteiger partial charge in [0.25, 0.3) is 0 Å². The van der Waals surface area contributed by atoms with Gasteiger partial charge in [-0.05, 0) is 17.4 Å². The van der Waals surface area contributed by atoms with E-state index in [1.165, 1.54) is 7.11 Å². The van der Waals surface area contributed by atoms with Gasteiger partial charge in [0.2, 0.25) is 0 Å². The summed E-state index contributed by atoms with van der Waals surface area (Å²) in [5.74, 6) is -0.314. The third-order valence-electron chi connectivity index (χ3n) is 5.01. The van der Waals surface area contributed by atoms with Gasteiger partial charge in [-0.25, -0.2) is 0 Å². The topological polar surface area (TPSA) is 61.8 Å². The van der Waals surface area contributed by atoms with Crippen molar-refractivity contribution in [2.45, 2.75) is 39.2 Å². The van der Waals surface area contributed by atoms with Crippen LogP contribution in [0.2, 0.25) is 0 Å². The molecule has 0 aromatic heterocycles. The number of allylic oxidation sites excluding steroid dienone is 1. The molecule has 0 unspecified atom stereocenters. The molecular formula is C16H24O5. The van der Waals surface area contributed by atoms with E-state index in [4.69, 9.17) is 14.2 Å². The molecule has 0 heterocycles. The van der Waals surface area contributed by atoms with E-state index in [9.17, 15) is 9.59 Å². The maximum atomic E-state index is 12.2. The highest BCUT2D eigenvalue weighted by Crippen LogP contribution is 2.64. The van der Waals surface area contributed by atoms with Crippen molar-refractivity contribution < 1.29 is 23.8 Å². The molecule has 21 heavy (non-hydrogen) atoms. The second kappa shape index (κ2) is 5.54. The van der Waals surface area contributed by atoms with Crippen LogP contribution in [0, 0.1) is 16.7 Å². The van der Waals surface area contributed by atoms with Crippen molar-refractivity contribution in [3.05, 3.63) is 12.2 Å². The Bertz CT molecular complexity index is 467. The zero-order valence-electron chi connectivity index (χ0n) is 13.2. The largest absolute Gasteiger partial charge is 0.469 e. The van der Waals surface area contributed by atoms with E-state index >= 15 is 0 Å². The van der Waals surface area contributed by atoms with Crippen molar-refractivity contribution in [3.8, 4) is 0 Å². The van der Waals surface area contributed by atoms with Crippen molar-refractivity contribution in [2.24, 2.45) is 16.7 Å². The van der Waals surface area contributed by atoms with Gasteiger partial charge in [0.1, 0.15) is 6.79 Å². The van der Waals surface area contributed by atoms with Crippen molar-refractivity contribution in [1.82, 2.24) is 0 Å². The molecule has 0 aromatic rings. The Morgan fingerprint density at radius 1 is 1.38 bits per heavy atom. The fourth-order valence-electron chi connectivity index (χ4n) is 4.23. The van der Waals surface area contributed by atoms with Crippen LogP contribution in [0.15, 0.2) is 12.2 Å². The van der Waals surface area contributed by atoms with E-state index in [1.54, 1.807) is 7.11 Å². The van der Waals surface area contributed by atoms with E-state index < -0.39 is 5.41 Å². The summed E-state index contributed by atoms with van der Waals surface area (Å²) in [5, 5.41) is 0. The number of carbonyl (C=O) groups is 2. The zero-order valence-corrected chi connectivity index (χ0v) is 13.2. The predicted octanol–water partition coefficient (Wildman–Crippen LogP) is 2.10. The number of hydrogen-bond donors (Lipinski definition) is 0. The van der Waals surface area contributed by atoms with Gasteiger partial charge in [0.15, 0.2) is 5.78 Å². The number of methoxy groups -OCH3 is 2. The summed E-state index contributed by atoms with van der Waals surface area (Å²) < 4.78 is 15.7. The van der Waals surface area contributed by atoms with Crippen LogP contribution in [0.25, 0.3) is 0 Å². The number of ketones is 1. The van der Waals surface area contributed by atoms with E-state index in [0.29, 0.717) is 18.4 Å².